The van der Waals surface area contributed by atoms with Gasteiger partial charge in [-0.15, -0.1) is 11.3 Å². The first kappa shape index (κ1) is 10.3. The van der Waals surface area contributed by atoms with E-state index < -0.39 is 9.84 Å². The quantitative estimate of drug-likeness (QED) is 0.809. The van der Waals surface area contributed by atoms with E-state index in [1.54, 1.807) is 13.0 Å². The Kier molecular flexibility index (Phi) is 2.58. The van der Waals surface area contributed by atoms with Gasteiger partial charge in [0.2, 0.25) is 14.2 Å². The number of allylic oxidation sites excluding steroid dienone is 1. The average molecular weight is 239 g/mol. The number of thiazole rings is 1. The predicted octanol–water partition coefficient (Wildman–Crippen LogP) is 2.60. The second-order valence-electron chi connectivity index (χ2n) is 2.96. The first-order valence-corrected chi connectivity index (χ1v) is 6.73. The van der Waals surface area contributed by atoms with E-state index in [9.17, 15) is 8.42 Å². The number of aromatic nitrogens is 1. The Hall–Kier alpha value is -1.20. The van der Waals surface area contributed by atoms with E-state index in [1.165, 1.54) is 22.8 Å². The summed E-state index contributed by atoms with van der Waals surface area (Å²) in [6.07, 6.45) is 1.50. The molecule has 0 aliphatic rings. The highest BCUT2D eigenvalue weighted by atomic mass is 32.2. The van der Waals surface area contributed by atoms with Crippen molar-refractivity contribution >= 4 is 31.4 Å². The fourth-order valence-corrected chi connectivity index (χ4v) is 3.51. The number of rotatable bonds is 2. The van der Waals surface area contributed by atoms with Crippen molar-refractivity contribution in [2.24, 2.45) is 0 Å². The van der Waals surface area contributed by atoms with Crippen molar-refractivity contribution in [2.45, 2.75) is 11.3 Å². The van der Waals surface area contributed by atoms with E-state index in [0.29, 0.717) is 0 Å². The molecule has 2 aromatic rings. The van der Waals surface area contributed by atoms with Crippen molar-refractivity contribution < 1.29 is 8.42 Å². The van der Waals surface area contributed by atoms with Crippen LogP contribution in [0.1, 0.15) is 6.92 Å². The first-order chi connectivity index (χ1) is 7.13. The van der Waals surface area contributed by atoms with Crippen LogP contribution in [-0.2, 0) is 9.84 Å². The highest BCUT2D eigenvalue weighted by molar-refractivity contribution is 7.96. The molecule has 0 saturated heterocycles. The van der Waals surface area contributed by atoms with Crippen LogP contribution in [0.25, 0.3) is 10.2 Å². The Morgan fingerprint density at radius 1 is 1.33 bits per heavy atom. The van der Waals surface area contributed by atoms with E-state index in [1.807, 2.05) is 18.2 Å². The van der Waals surface area contributed by atoms with Gasteiger partial charge in [0.25, 0.3) is 0 Å². The summed E-state index contributed by atoms with van der Waals surface area (Å²) >= 11 is 1.19. The highest BCUT2D eigenvalue weighted by Crippen LogP contribution is 2.25. The minimum Gasteiger partial charge on any atom is -0.225 e. The molecule has 0 radical (unpaired) electrons. The van der Waals surface area contributed by atoms with Crippen molar-refractivity contribution in [3.8, 4) is 0 Å². The summed E-state index contributed by atoms with van der Waals surface area (Å²) in [6.45, 7) is 1.67. The number of nitrogens with zero attached hydrogens (tertiary/aromatic N) is 1. The highest BCUT2D eigenvalue weighted by Gasteiger charge is 2.15. The molecular formula is C10H9NO2S2. The van der Waals surface area contributed by atoms with Gasteiger partial charge in [0.1, 0.15) is 0 Å². The smallest absolute Gasteiger partial charge is 0.225 e. The second-order valence-corrected chi connectivity index (χ2v) is 6.00. The van der Waals surface area contributed by atoms with Crippen LogP contribution < -0.4 is 0 Å². The Balaban J connectivity index is 2.64. The number of hydrogen-bond acceptors (Lipinski definition) is 4. The predicted molar refractivity (Wildman–Crippen MR) is 61.6 cm³/mol. The molecule has 1 heterocycles. The van der Waals surface area contributed by atoms with Crippen LogP contribution in [-0.4, -0.2) is 13.4 Å². The van der Waals surface area contributed by atoms with Gasteiger partial charge >= 0.3 is 0 Å². The maximum absolute atomic E-state index is 11.7. The van der Waals surface area contributed by atoms with Gasteiger partial charge in [-0.05, 0) is 19.1 Å². The molecule has 0 aliphatic heterocycles. The average Bonchev–Trinajstić information content (AvgIpc) is 2.61. The lowest BCUT2D eigenvalue weighted by Gasteiger charge is -1.88. The van der Waals surface area contributed by atoms with Crippen LogP contribution in [0.15, 0.2) is 40.1 Å². The fraction of sp³-hybridized carbons (Fsp3) is 0.100. The van der Waals surface area contributed by atoms with Crippen molar-refractivity contribution in [2.75, 3.05) is 0 Å². The number of para-hydroxylation sites is 1. The lowest BCUT2D eigenvalue weighted by atomic mass is 10.3. The Morgan fingerprint density at radius 3 is 2.73 bits per heavy atom. The van der Waals surface area contributed by atoms with Gasteiger partial charge < -0.3 is 0 Å². The molecule has 0 bridgehead atoms. The van der Waals surface area contributed by atoms with Gasteiger partial charge in [0, 0.05) is 5.41 Å². The maximum atomic E-state index is 11.7. The molecule has 0 unspecified atom stereocenters. The van der Waals surface area contributed by atoms with E-state index in [0.717, 1.165) is 10.2 Å². The third-order valence-corrected chi connectivity index (χ3v) is 4.82. The van der Waals surface area contributed by atoms with Crippen LogP contribution in [0.4, 0.5) is 0 Å². The van der Waals surface area contributed by atoms with Gasteiger partial charge in [-0.3, -0.25) is 0 Å². The van der Waals surface area contributed by atoms with Crippen LogP contribution in [0.3, 0.4) is 0 Å². The molecule has 5 heteroatoms. The molecule has 2 rings (SSSR count). The van der Waals surface area contributed by atoms with E-state index in [4.69, 9.17) is 0 Å². The Morgan fingerprint density at radius 2 is 2.07 bits per heavy atom. The van der Waals surface area contributed by atoms with Crippen LogP contribution in [0.5, 0.6) is 0 Å². The zero-order valence-corrected chi connectivity index (χ0v) is 9.68. The third kappa shape index (κ3) is 1.93. The molecule has 0 fully saturated rings. The van der Waals surface area contributed by atoms with Crippen LogP contribution in [0.2, 0.25) is 0 Å². The molecule has 0 amide bonds. The summed E-state index contributed by atoms with van der Waals surface area (Å²) in [5, 5.41) is 1.17. The number of sulfone groups is 1. The molecule has 0 N–H and O–H groups in total. The number of benzene rings is 1. The van der Waals surface area contributed by atoms with Gasteiger partial charge in [-0.1, -0.05) is 18.2 Å². The van der Waals surface area contributed by atoms with Gasteiger partial charge in [-0.2, -0.15) is 0 Å². The van der Waals surface area contributed by atoms with E-state index in [2.05, 4.69) is 4.98 Å². The summed E-state index contributed by atoms with van der Waals surface area (Å²) in [4.78, 5) is 4.08. The normalized spacial score (nSPS) is 12.6. The summed E-state index contributed by atoms with van der Waals surface area (Å²) in [5.41, 5.74) is 0.727. The third-order valence-electron chi connectivity index (χ3n) is 1.83. The minimum atomic E-state index is -3.35. The lowest BCUT2D eigenvalue weighted by molar-refractivity contribution is 0.604. The molecule has 0 aliphatic carbocycles. The molecule has 1 aromatic heterocycles. The first-order valence-electron chi connectivity index (χ1n) is 4.37. The molecule has 0 spiro atoms. The molecular weight excluding hydrogens is 230 g/mol. The minimum absolute atomic E-state index is 0.154. The molecule has 3 nitrogen and oxygen atoms in total. The van der Waals surface area contributed by atoms with Gasteiger partial charge in [-0.25, -0.2) is 13.4 Å². The van der Waals surface area contributed by atoms with Crippen molar-refractivity contribution in [3.63, 3.8) is 0 Å². The fourth-order valence-electron chi connectivity index (χ4n) is 1.21. The second kappa shape index (κ2) is 3.75. The zero-order chi connectivity index (χ0) is 10.9. The molecule has 0 atom stereocenters. The molecule has 15 heavy (non-hydrogen) atoms. The van der Waals surface area contributed by atoms with E-state index >= 15 is 0 Å². The summed E-state index contributed by atoms with van der Waals surface area (Å²) in [5.74, 6) is 0. The van der Waals surface area contributed by atoms with Crippen LogP contribution >= 0.6 is 11.3 Å². The van der Waals surface area contributed by atoms with Crippen molar-refractivity contribution in [1.29, 1.82) is 0 Å². The summed E-state index contributed by atoms with van der Waals surface area (Å²) in [6, 6.07) is 7.38. The number of hydrogen-bond donors (Lipinski definition) is 0. The Labute approximate surface area is 92.0 Å². The van der Waals surface area contributed by atoms with Crippen molar-refractivity contribution in [1.82, 2.24) is 4.98 Å². The SMILES string of the molecule is C/C=C/S(=O)(=O)c1nc2ccccc2s1. The molecule has 1 aromatic carbocycles. The standard InChI is InChI=1S/C10H9NO2S2/c1-2-7-15(12,13)10-11-8-5-3-4-6-9(8)14-10/h2-7H,1H3/b7-2+. The van der Waals surface area contributed by atoms with Gasteiger partial charge in [0.05, 0.1) is 10.2 Å². The molecule has 78 valence electrons. The lowest BCUT2D eigenvalue weighted by Crippen LogP contribution is -1.94. The molecule has 0 saturated carbocycles. The maximum Gasteiger partial charge on any atom is 0.226 e. The topological polar surface area (TPSA) is 47.0 Å². The van der Waals surface area contributed by atoms with Crippen molar-refractivity contribution in [3.05, 3.63) is 35.7 Å². The summed E-state index contributed by atoms with van der Waals surface area (Å²) < 4.78 is 24.4. The van der Waals surface area contributed by atoms with Gasteiger partial charge in [0.15, 0.2) is 0 Å². The largest absolute Gasteiger partial charge is 0.226 e. The van der Waals surface area contributed by atoms with E-state index in [-0.39, 0.29) is 4.34 Å². The van der Waals surface area contributed by atoms with Crippen LogP contribution in [0, 0.1) is 0 Å². The monoisotopic (exact) mass is 239 g/mol. The summed E-state index contributed by atoms with van der Waals surface area (Å²) in [7, 11) is -3.35. The zero-order valence-electron chi connectivity index (χ0n) is 8.04. The Bertz CT molecular complexity index is 578. The number of fused-ring (bicyclic) bond motifs is 1.